The number of likely N-dealkylation sites (N-methyl/N-ethyl adjacent to an activating group) is 1. The van der Waals surface area contributed by atoms with E-state index in [1.807, 2.05) is 36.1 Å². The average molecular weight is 383 g/mol. The molecule has 1 amide bonds. The molecule has 0 bridgehead atoms. The lowest BCUT2D eigenvalue weighted by atomic mass is 10.2. The molecule has 1 atom stereocenters. The molecule has 1 aliphatic rings. The SMILES string of the molecule is CCN(CC1CCCO1)C(=S)NC(=O)c1sc2ccccc2c1Cl. The first-order valence-electron chi connectivity index (χ1n) is 7.99. The van der Waals surface area contributed by atoms with Crippen molar-refractivity contribution in [1.29, 1.82) is 0 Å². The van der Waals surface area contributed by atoms with Crippen LogP contribution in [-0.4, -0.2) is 41.7 Å². The van der Waals surface area contributed by atoms with Crippen molar-refractivity contribution in [3.8, 4) is 0 Å². The molecule has 0 saturated carbocycles. The maximum Gasteiger partial charge on any atom is 0.269 e. The Balaban J connectivity index is 1.70. The number of thiocarbonyl (C=S) groups is 1. The average Bonchev–Trinajstić information content (AvgIpc) is 3.21. The summed E-state index contributed by atoms with van der Waals surface area (Å²) in [4.78, 5) is 15.0. The van der Waals surface area contributed by atoms with Crippen LogP contribution in [0.2, 0.25) is 5.02 Å². The number of halogens is 1. The van der Waals surface area contributed by atoms with E-state index in [4.69, 9.17) is 28.6 Å². The van der Waals surface area contributed by atoms with Crippen molar-refractivity contribution in [2.45, 2.75) is 25.9 Å². The number of hydrogen-bond donors (Lipinski definition) is 1. The number of hydrogen-bond acceptors (Lipinski definition) is 4. The highest BCUT2D eigenvalue weighted by atomic mass is 35.5. The highest BCUT2D eigenvalue weighted by Gasteiger charge is 2.23. The quantitative estimate of drug-likeness (QED) is 0.809. The van der Waals surface area contributed by atoms with Crippen molar-refractivity contribution in [2.75, 3.05) is 19.7 Å². The second-order valence-corrected chi connectivity index (χ2v) is 7.49. The van der Waals surface area contributed by atoms with Crippen molar-refractivity contribution in [3.63, 3.8) is 0 Å². The highest BCUT2D eigenvalue weighted by molar-refractivity contribution is 7.80. The van der Waals surface area contributed by atoms with Gasteiger partial charge in [-0.3, -0.25) is 10.1 Å². The van der Waals surface area contributed by atoms with Gasteiger partial charge in [-0.2, -0.15) is 0 Å². The van der Waals surface area contributed by atoms with Crippen LogP contribution in [-0.2, 0) is 4.74 Å². The molecule has 1 unspecified atom stereocenters. The van der Waals surface area contributed by atoms with Crippen LogP contribution in [0.1, 0.15) is 29.4 Å². The molecular formula is C17H19ClN2O2S2. The van der Waals surface area contributed by atoms with E-state index < -0.39 is 0 Å². The summed E-state index contributed by atoms with van der Waals surface area (Å²) in [6.07, 6.45) is 2.31. The maximum absolute atomic E-state index is 12.6. The number of benzene rings is 1. The van der Waals surface area contributed by atoms with E-state index in [9.17, 15) is 4.79 Å². The van der Waals surface area contributed by atoms with E-state index in [1.165, 1.54) is 11.3 Å². The number of nitrogens with one attached hydrogen (secondary N) is 1. The number of carbonyl (C=O) groups excluding carboxylic acids is 1. The smallest absolute Gasteiger partial charge is 0.269 e. The molecule has 1 fully saturated rings. The molecule has 1 saturated heterocycles. The Morgan fingerprint density at radius 3 is 2.96 bits per heavy atom. The van der Waals surface area contributed by atoms with Gasteiger partial charge in [-0.15, -0.1) is 11.3 Å². The first-order chi connectivity index (χ1) is 11.6. The van der Waals surface area contributed by atoms with Crippen LogP contribution in [0, 0.1) is 0 Å². The van der Waals surface area contributed by atoms with Gasteiger partial charge in [0.15, 0.2) is 5.11 Å². The molecule has 4 nitrogen and oxygen atoms in total. The molecule has 1 N–H and O–H groups in total. The molecule has 2 aromatic rings. The predicted octanol–water partition coefficient (Wildman–Crippen LogP) is 4.07. The molecule has 24 heavy (non-hydrogen) atoms. The fourth-order valence-corrected chi connectivity index (χ4v) is 4.49. The van der Waals surface area contributed by atoms with Gasteiger partial charge in [-0.1, -0.05) is 29.8 Å². The summed E-state index contributed by atoms with van der Waals surface area (Å²) in [5.74, 6) is -0.253. The first-order valence-corrected chi connectivity index (χ1v) is 9.59. The molecule has 1 aliphatic heterocycles. The Bertz CT molecular complexity index is 756. The van der Waals surface area contributed by atoms with Crippen LogP contribution in [0.4, 0.5) is 0 Å². The van der Waals surface area contributed by atoms with Crippen LogP contribution in [0.5, 0.6) is 0 Å². The summed E-state index contributed by atoms with van der Waals surface area (Å²) in [5, 5.41) is 4.61. The number of fused-ring (bicyclic) bond motifs is 1. The summed E-state index contributed by atoms with van der Waals surface area (Å²) in [7, 11) is 0. The van der Waals surface area contributed by atoms with Gasteiger partial charge in [0.05, 0.1) is 11.1 Å². The van der Waals surface area contributed by atoms with Gasteiger partial charge in [0.1, 0.15) is 4.88 Å². The van der Waals surface area contributed by atoms with Gasteiger partial charge in [0.25, 0.3) is 5.91 Å². The number of carbonyl (C=O) groups is 1. The number of nitrogens with zero attached hydrogens (tertiary/aromatic N) is 1. The maximum atomic E-state index is 12.6. The minimum Gasteiger partial charge on any atom is -0.376 e. The highest BCUT2D eigenvalue weighted by Crippen LogP contribution is 2.35. The van der Waals surface area contributed by atoms with E-state index >= 15 is 0 Å². The third-order valence-corrected chi connectivity index (χ3v) is 6.11. The van der Waals surface area contributed by atoms with E-state index in [-0.39, 0.29) is 12.0 Å². The standard InChI is InChI=1S/C17H19ClN2O2S2/c1-2-20(10-11-6-5-9-22-11)17(23)19-16(21)15-14(18)12-7-3-4-8-13(12)24-15/h3-4,7-8,11H,2,5-6,9-10H2,1H3,(H,19,21,23). The molecule has 2 heterocycles. The number of ether oxygens (including phenoxy) is 1. The van der Waals surface area contributed by atoms with Gasteiger partial charge in [0, 0.05) is 29.8 Å². The molecular weight excluding hydrogens is 364 g/mol. The van der Waals surface area contributed by atoms with E-state index in [0.717, 1.165) is 36.1 Å². The van der Waals surface area contributed by atoms with Gasteiger partial charge >= 0.3 is 0 Å². The first kappa shape index (κ1) is 17.6. The molecule has 128 valence electrons. The van der Waals surface area contributed by atoms with Crippen molar-refractivity contribution in [3.05, 3.63) is 34.2 Å². The lowest BCUT2D eigenvalue weighted by Crippen LogP contribution is -2.45. The summed E-state index contributed by atoms with van der Waals surface area (Å²) >= 11 is 13.1. The summed E-state index contributed by atoms with van der Waals surface area (Å²) in [5.41, 5.74) is 0. The predicted molar refractivity (Wildman–Crippen MR) is 103 cm³/mol. The van der Waals surface area contributed by atoms with E-state index in [0.29, 0.717) is 21.6 Å². The van der Waals surface area contributed by atoms with Crippen molar-refractivity contribution >= 4 is 56.3 Å². The van der Waals surface area contributed by atoms with Gasteiger partial charge in [-0.05, 0) is 38.0 Å². The minimum absolute atomic E-state index is 0.188. The van der Waals surface area contributed by atoms with Crippen LogP contribution >= 0.6 is 35.2 Å². The Morgan fingerprint density at radius 2 is 2.29 bits per heavy atom. The fourth-order valence-electron chi connectivity index (χ4n) is 2.78. The topological polar surface area (TPSA) is 41.6 Å². The Labute approximate surface area is 155 Å². The fraction of sp³-hybridized carbons (Fsp3) is 0.412. The lowest BCUT2D eigenvalue weighted by Gasteiger charge is -2.26. The molecule has 1 aromatic heterocycles. The minimum atomic E-state index is -0.253. The van der Waals surface area contributed by atoms with E-state index in [2.05, 4.69) is 5.32 Å². The Kier molecular flexibility index (Phi) is 5.71. The zero-order valence-electron chi connectivity index (χ0n) is 13.4. The van der Waals surface area contributed by atoms with Gasteiger partial charge in [-0.25, -0.2) is 0 Å². The number of rotatable bonds is 4. The Hall–Kier alpha value is -1.21. The summed E-state index contributed by atoms with van der Waals surface area (Å²) in [6.45, 7) is 4.24. The van der Waals surface area contributed by atoms with Crippen LogP contribution in [0.15, 0.2) is 24.3 Å². The van der Waals surface area contributed by atoms with Gasteiger partial charge in [0.2, 0.25) is 0 Å². The molecule has 0 spiro atoms. The summed E-state index contributed by atoms with van der Waals surface area (Å²) < 4.78 is 6.64. The molecule has 7 heteroatoms. The monoisotopic (exact) mass is 382 g/mol. The van der Waals surface area contributed by atoms with E-state index in [1.54, 1.807) is 0 Å². The Morgan fingerprint density at radius 1 is 1.50 bits per heavy atom. The van der Waals surface area contributed by atoms with Crippen LogP contribution in [0.3, 0.4) is 0 Å². The third kappa shape index (κ3) is 3.72. The molecule has 3 rings (SSSR count). The number of thiophene rings is 1. The largest absolute Gasteiger partial charge is 0.376 e. The zero-order chi connectivity index (χ0) is 17.1. The van der Waals surface area contributed by atoms with Crippen molar-refractivity contribution in [2.24, 2.45) is 0 Å². The molecule has 0 radical (unpaired) electrons. The van der Waals surface area contributed by atoms with Crippen LogP contribution < -0.4 is 5.32 Å². The molecule has 1 aromatic carbocycles. The summed E-state index contributed by atoms with van der Waals surface area (Å²) in [6, 6.07) is 7.71. The second-order valence-electron chi connectivity index (χ2n) is 5.67. The zero-order valence-corrected chi connectivity index (χ0v) is 15.8. The normalized spacial score (nSPS) is 17.2. The number of amides is 1. The second kappa shape index (κ2) is 7.78. The third-order valence-electron chi connectivity index (χ3n) is 4.08. The van der Waals surface area contributed by atoms with Crippen molar-refractivity contribution in [1.82, 2.24) is 10.2 Å². The lowest BCUT2D eigenvalue weighted by molar-refractivity contribution is 0.0897. The van der Waals surface area contributed by atoms with Gasteiger partial charge < -0.3 is 9.64 Å². The van der Waals surface area contributed by atoms with Crippen molar-refractivity contribution < 1.29 is 9.53 Å². The molecule has 0 aliphatic carbocycles. The van der Waals surface area contributed by atoms with Crippen LogP contribution in [0.25, 0.3) is 10.1 Å².